The summed E-state index contributed by atoms with van der Waals surface area (Å²) in [6.45, 7) is 6.39. The minimum absolute atomic E-state index is 0.158. The van der Waals surface area contributed by atoms with Crippen molar-refractivity contribution in [2.75, 3.05) is 7.11 Å². The Morgan fingerprint density at radius 2 is 2.24 bits per heavy atom. The number of hydrogen-bond acceptors (Lipinski definition) is 3. The van der Waals surface area contributed by atoms with Gasteiger partial charge in [-0.1, -0.05) is 25.1 Å². The number of para-hydroxylation sites is 1. The van der Waals surface area contributed by atoms with Crippen molar-refractivity contribution in [2.45, 2.75) is 45.3 Å². The summed E-state index contributed by atoms with van der Waals surface area (Å²) >= 11 is 0. The maximum Gasteiger partial charge on any atom is 0.128 e. The first-order valence-electron chi connectivity index (χ1n) is 6.16. The Balaban J connectivity index is 2.44. The molecule has 1 N–H and O–H groups in total. The molecule has 0 fully saturated rings. The zero-order chi connectivity index (χ0) is 12.5. The lowest BCUT2D eigenvalue weighted by molar-refractivity contribution is 0.00246. The first kappa shape index (κ1) is 12.4. The van der Waals surface area contributed by atoms with E-state index in [1.54, 1.807) is 7.11 Å². The van der Waals surface area contributed by atoms with Crippen LogP contribution in [0.15, 0.2) is 18.2 Å². The van der Waals surface area contributed by atoms with Gasteiger partial charge in [-0.2, -0.15) is 5.48 Å². The molecule has 0 saturated heterocycles. The molecule has 0 amide bonds. The Morgan fingerprint density at radius 1 is 1.47 bits per heavy atom. The van der Waals surface area contributed by atoms with Crippen molar-refractivity contribution in [3.8, 4) is 5.75 Å². The average Bonchev–Trinajstić information content (AvgIpc) is 2.27. The smallest absolute Gasteiger partial charge is 0.128 e. The van der Waals surface area contributed by atoms with Crippen LogP contribution in [0, 0.1) is 0 Å². The predicted molar refractivity (Wildman–Crippen MR) is 68.0 cm³/mol. The number of fused-ring (bicyclic) bond motifs is 1. The number of hydrogen-bond donors (Lipinski definition) is 1. The Bertz CT molecular complexity index is 401. The van der Waals surface area contributed by atoms with E-state index < -0.39 is 0 Å². The fourth-order valence-corrected chi connectivity index (χ4v) is 2.45. The first-order valence-corrected chi connectivity index (χ1v) is 6.16. The van der Waals surface area contributed by atoms with Crippen molar-refractivity contribution in [2.24, 2.45) is 0 Å². The van der Waals surface area contributed by atoms with E-state index >= 15 is 0 Å². The molecule has 0 spiro atoms. The molecule has 0 aliphatic carbocycles. The summed E-state index contributed by atoms with van der Waals surface area (Å²) < 4.78 is 6.12. The predicted octanol–water partition coefficient (Wildman–Crippen LogP) is 3.00. The quantitative estimate of drug-likeness (QED) is 0.817. The third-order valence-corrected chi connectivity index (χ3v) is 3.22. The van der Waals surface area contributed by atoms with Crippen LogP contribution in [-0.4, -0.2) is 12.7 Å². The summed E-state index contributed by atoms with van der Waals surface area (Å²) in [6.07, 6.45) is 1.89. The normalized spacial score (nSPS) is 21.8. The lowest BCUT2D eigenvalue weighted by Crippen LogP contribution is -2.39. The Kier molecular flexibility index (Phi) is 3.40. The highest BCUT2D eigenvalue weighted by atomic mass is 16.6. The van der Waals surface area contributed by atoms with Crippen molar-refractivity contribution in [1.82, 2.24) is 5.48 Å². The monoisotopic (exact) mass is 235 g/mol. The second kappa shape index (κ2) is 4.67. The zero-order valence-electron chi connectivity index (χ0n) is 11.0. The Labute approximate surface area is 103 Å². The Morgan fingerprint density at radius 3 is 2.88 bits per heavy atom. The molecule has 0 bridgehead atoms. The van der Waals surface area contributed by atoms with E-state index in [2.05, 4.69) is 44.5 Å². The molecule has 0 aromatic heterocycles. The maximum atomic E-state index is 6.12. The van der Waals surface area contributed by atoms with Gasteiger partial charge in [-0.3, -0.25) is 0 Å². The van der Waals surface area contributed by atoms with Gasteiger partial charge in [0.1, 0.15) is 11.4 Å². The summed E-state index contributed by atoms with van der Waals surface area (Å²) in [5.41, 5.74) is 5.37. The highest BCUT2D eigenvalue weighted by Gasteiger charge is 2.34. The van der Waals surface area contributed by atoms with Crippen LogP contribution in [0.1, 0.15) is 44.4 Å². The average molecular weight is 235 g/mol. The van der Waals surface area contributed by atoms with Crippen molar-refractivity contribution in [1.29, 1.82) is 0 Å². The van der Waals surface area contributed by atoms with E-state index in [0.29, 0.717) is 0 Å². The van der Waals surface area contributed by atoms with E-state index in [4.69, 9.17) is 9.57 Å². The molecule has 1 aromatic carbocycles. The second-order valence-electron chi connectivity index (χ2n) is 5.13. The molecule has 3 heteroatoms. The van der Waals surface area contributed by atoms with E-state index in [1.165, 1.54) is 11.1 Å². The van der Waals surface area contributed by atoms with Gasteiger partial charge in [0.05, 0.1) is 13.2 Å². The van der Waals surface area contributed by atoms with Gasteiger partial charge in [0.2, 0.25) is 0 Å². The number of ether oxygens (including phenoxy) is 1. The molecule has 94 valence electrons. The summed E-state index contributed by atoms with van der Waals surface area (Å²) in [4.78, 5) is 5.10. The van der Waals surface area contributed by atoms with Crippen molar-refractivity contribution in [3.05, 3.63) is 29.3 Å². The van der Waals surface area contributed by atoms with Crippen LogP contribution in [0.3, 0.4) is 0 Å². The van der Waals surface area contributed by atoms with Crippen molar-refractivity contribution >= 4 is 0 Å². The van der Waals surface area contributed by atoms with Gasteiger partial charge in [-0.25, -0.2) is 0 Å². The lowest BCUT2D eigenvalue weighted by Gasteiger charge is -2.38. The number of nitrogens with one attached hydrogen (secondary N) is 1. The van der Waals surface area contributed by atoms with Gasteiger partial charge in [0.15, 0.2) is 0 Å². The largest absolute Gasteiger partial charge is 0.487 e. The van der Waals surface area contributed by atoms with Gasteiger partial charge in [-0.15, -0.1) is 0 Å². The van der Waals surface area contributed by atoms with Gasteiger partial charge in [0, 0.05) is 12.0 Å². The number of benzene rings is 1. The number of rotatable bonds is 3. The van der Waals surface area contributed by atoms with E-state index in [-0.39, 0.29) is 11.6 Å². The number of hydroxylamine groups is 1. The molecular weight excluding hydrogens is 214 g/mol. The Hall–Kier alpha value is -1.06. The molecule has 0 radical (unpaired) electrons. The van der Waals surface area contributed by atoms with Crippen LogP contribution in [0.2, 0.25) is 0 Å². The number of aryl methyl sites for hydroxylation is 1. The van der Waals surface area contributed by atoms with Crippen molar-refractivity contribution in [3.63, 3.8) is 0 Å². The highest BCUT2D eigenvalue weighted by molar-refractivity contribution is 5.45. The topological polar surface area (TPSA) is 30.5 Å². The van der Waals surface area contributed by atoms with Gasteiger partial charge in [-0.05, 0) is 25.8 Å². The maximum absolute atomic E-state index is 6.12. The van der Waals surface area contributed by atoms with Gasteiger partial charge in [0.25, 0.3) is 0 Å². The summed E-state index contributed by atoms with van der Waals surface area (Å²) in [6, 6.07) is 6.53. The van der Waals surface area contributed by atoms with Gasteiger partial charge >= 0.3 is 0 Å². The molecular formula is C14H21NO2. The summed E-state index contributed by atoms with van der Waals surface area (Å²) in [5, 5.41) is 0. The molecule has 1 aliphatic rings. The van der Waals surface area contributed by atoms with Crippen LogP contribution in [0.4, 0.5) is 0 Å². The van der Waals surface area contributed by atoms with Gasteiger partial charge < -0.3 is 9.57 Å². The van der Waals surface area contributed by atoms with E-state index in [1.807, 2.05) is 0 Å². The molecule has 1 heterocycles. The summed E-state index contributed by atoms with van der Waals surface area (Å²) in [5.74, 6) is 1.03. The molecule has 1 aliphatic heterocycles. The minimum Gasteiger partial charge on any atom is -0.487 e. The third kappa shape index (κ3) is 2.45. The van der Waals surface area contributed by atoms with Crippen LogP contribution < -0.4 is 10.2 Å². The minimum atomic E-state index is -0.158. The SMILES string of the molecule is CCc1cccc2c1OC(C)(C)CC2NOC. The molecule has 1 atom stereocenters. The molecule has 3 nitrogen and oxygen atoms in total. The molecule has 0 saturated carbocycles. The van der Waals surface area contributed by atoms with Crippen LogP contribution >= 0.6 is 0 Å². The highest BCUT2D eigenvalue weighted by Crippen LogP contribution is 2.41. The van der Waals surface area contributed by atoms with E-state index in [9.17, 15) is 0 Å². The van der Waals surface area contributed by atoms with Crippen LogP contribution in [0.5, 0.6) is 5.75 Å². The van der Waals surface area contributed by atoms with Crippen LogP contribution in [0.25, 0.3) is 0 Å². The third-order valence-electron chi connectivity index (χ3n) is 3.22. The first-order chi connectivity index (χ1) is 8.07. The molecule has 1 aromatic rings. The van der Waals surface area contributed by atoms with Crippen LogP contribution in [-0.2, 0) is 11.3 Å². The summed E-state index contributed by atoms with van der Waals surface area (Å²) in [7, 11) is 1.66. The fourth-order valence-electron chi connectivity index (χ4n) is 2.45. The standard InChI is InChI=1S/C14H21NO2/c1-5-10-7-6-8-11-12(15-16-4)9-14(2,3)17-13(10)11/h6-8,12,15H,5,9H2,1-4H3. The lowest BCUT2D eigenvalue weighted by atomic mass is 9.88. The van der Waals surface area contributed by atoms with Crippen molar-refractivity contribution < 1.29 is 9.57 Å². The second-order valence-corrected chi connectivity index (χ2v) is 5.13. The van der Waals surface area contributed by atoms with E-state index in [0.717, 1.165) is 18.6 Å². The fraction of sp³-hybridized carbons (Fsp3) is 0.571. The molecule has 1 unspecified atom stereocenters. The molecule has 2 rings (SSSR count). The zero-order valence-corrected chi connectivity index (χ0v) is 11.0. The molecule has 17 heavy (non-hydrogen) atoms.